The Bertz CT molecular complexity index is 640. The average molecular weight is 301 g/mol. The lowest BCUT2D eigenvalue weighted by atomic mass is 10.1. The second-order valence-corrected chi connectivity index (χ2v) is 6.51. The van der Waals surface area contributed by atoms with Crippen molar-refractivity contribution in [3.05, 3.63) is 17.7 Å². The maximum Gasteiger partial charge on any atom is 0.320 e. The number of fused-ring (bicyclic) bond motifs is 1. The van der Waals surface area contributed by atoms with E-state index in [0.717, 1.165) is 6.26 Å². The molecule has 3 N–H and O–H groups in total. The smallest absolute Gasteiger partial charge is 0.320 e. The third kappa shape index (κ3) is 3.02. The number of hydrogen-bond acceptors (Lipinski definition) is 6. The van der Waals surface area contributed by atoms with Crippen molar-refractivity contribution in [1.82, 2.24) is 0 Å². The van der Waals surface area contributed by atoms with Gasteiger partial charge in [-0.15, -0.1) is 0 Å². The number of sulfone groups is 1. The Morgan fingerprint density at radius 3 is 2.40 bits per heavy atom. The van der Waals surface area contributed by atoms with Crippen molar-refractivity contribution < 1.29 is 27.8 Å². The van der Waals surface area contributed by atoms with Gasteiger partial charge in [0.2, 0.25) is 0 Å². The summed E-state index contributed by atoms with van der Waals surface area (Å²) in [5, 5.41) is 8.85. The molecule has 7 nitrogen and oxygen atoms in total. The topological polar surface area (TPSA) is 116 Å². The second-order valence-electron chi connectivity index (χ2n) is 4.52. The van der Waals surface area contributed by atoms with Crippen LogP contribution in [-0.2, 0) is 21.1 Å². The molecule has 0 aliphatic carbocycles. The van der Waals surface area contributed by atoms with Crippen LogP contribution in [0.15, 0.2) is 17.0 Å². The van der Waals surface area contributed by atoms with Crippen molar-refractivity contribution in [3.8, 4) is 11.5 Å². The molecule has 1 aliphatic heterocycles. The third-order valence-corrected chi connectivity index (χ3v) is 4.06. The van der Waals surface area contributed by atoms with Gasteiger partial charge in [0.05, 0.1) is 4.90 Å². The molecule has 0 amide bonds. The number of benzene rings is 1. The molecular formula is C12H15NO6S. The predicted molar refractivity (Wildman–Crippen MR) is 69.9 cm³/mol. The molecule has 1 heterocycles. The Labute approximate surface area is 116 Å². The zero-order valence-corrected chi connectivity index (χ0v) is 11.6. The molecule has 1 aliphatic rings. The summed E-state index contributed by atoms with van der Waals surface area (Å²) in [7, 11) is -3.52. The van der Waals surface area contributed by atoms with Crippen LogP contribution < -0.4 is 15.2 Å². The second kappa shape index (κ2) is 5.29. The van der Waals surface area contributed by atoms with Gasteiger partial charge in [-0.2, -0.15) is 0 Å². The molecule has 1 aromatic carbocycles. The van der Waals surface area contributed by atoms with Gasteiger partial charge in [0.15, 0.2) is 21.3 Å². The summed E-state index contributed by atoms with van der Waals surface area (Å²) in [4.78, 5) is 10.8. The fourth-order valence-electron chi connectivity index (χ4n) is 1.94. The lowest BCUT2D eigenvalue weighted by molar-refractivity contribution is -0.138. The number of nitrogens with two attached hydrogens (primary N) is 1. The van der Waals surface area contributed by atoms with Crippen LogP contribution in [0.1, 0.15) is 5.56 Å². The Hall–Kier alpha value is -1.80. The molecule has 2 rings (SSSR count). The van der Waals surface area contributed by atoms with Crippen molar-refractivity contribution in [2.24, 2.45) is 5.73 Å². The first-order chi connectivity index (χ1) is 9.29. The van der Waals surface area contributed by atoms with Gasteiger partial charge in [0, 0.05) is 12.3 Å². The lowest BCUT2D eigenvalue weighted by Gasteiger charge is -2.21. The van der Waals surface area contributed by atoms with Crippen molar-refractivity contribution in [2.75, 3.05) is 19.5 Å². The van der Waals surface area contributed by atoms with E-state index in [0.29, 0.717) is 30.3 Å². The number of aliphatic carboxylic acids is 1. The van der Waals surface area contributed by atoms with E-state index < -0.39 is 21.8 Å². The zero-order chi connectivity index (χ0) is 14.9. The molecule has 110 valence electrons. The molecule has 0 radical (unpaired) electrons. The van der Waals surface area contributed by atoms with Gasteiger partial charge in [-0.3, -0.25) is 4.79 Å². The van der Waals surface area contributed by atoms with Gasteiger partial charge >= 0.3 is 5.97 Å². The first-order valence-corrected chi connectivity index (χ1v) is 7.79. The molecular weight excluding hydrogens is 286 g/mol. The quantitative estimate of drug-likeness (QED) is 0.792. The Morgan fingerprint density at radius 1 is 1.35 bits per heavy atom. The minimum atomic E-state index is -3.52. The molecule has 0 bridgehead atoms. The number of rotatable bonds is 4. The van der Waals surface area contributed by atoms with Crippen LogP contribution in [0, 0.1) is 0 Å². The van der Waals surface area contributed by atoms with E-state index in [9.17, 15) is 13.2 Å². The van der Waals surface area contributed by atoms with Crippen LogP contribution >= 0.6 is 0 Å². The molecule has 0 fully saturated rings. The van der Waals surface area contributed by atoms with E-state index >= 15 is 0 Å². The Morgan fingerprint density at radius 2 is 1.90 bits per heavy atom. The van der Waals surface area contributed by atoms with Crippen molar-refractivity contribution in [1.29, 1.82) is 0 Å². The van der Waals surface area contributed by atoms with Crippen molar-refractivity contribution in [2.45, 2.75) is 17.4 Å². The molecule has 1 unspecified atom stereocenters. The van der Waals surface area contributed by atoms with E-state index in [1.54, 1.807) is 0 Å². The zero-order valence-electron chi connectivity index (χ0n) is 10.8. The van der Waals surface area contributed by atoms with E-state index in [4.69, 9.17) is 20.3 Å². The summed E-state index contributed by atoms with van der Waals surface area (Å²) >= 11 is 0. The maximum atomic E-state index is 11.8. The number of carboxylic acid groups (broad SMARTS) is 1. The van der Waals surface area contributed by atoms with Crippen LogP contribution in [-0.4, -0.2) is 45.0 Å². The SMILES string of the molecule is CS(=O)(=O)c1cc2c(cc1CC(N)C(=O)O)OCCO2. The highest BCUT2D eigenvalue weighted by molar-refractivity contribution is 7.90. The molecule has 0 aromatic heterocycles. The number of hydrogen-bond donors (Lipinski definition) is 2. The van der Waals surface area contributed by atoms with E-state index in [1.165, 1.54) is 12.1 Å². The van der Waals surface area contributed by atoms with Crippen LogP contribution in [0.25, 0.3) is 0 Å². The fraction of sp³-hybridized carbons (Fsp3) is 0.417. The van der Waals surface area contributed by atoms with Crippen LogP contribution in [0.2, 0.25) is 0 Å². The summed E-state index contributed by atoms with van der Waals surface area (Å²) in [6.07, 6.45) is 0.947. The van der Waals surface area contributed by atoms with Crippen LogP contribution in [0.5, 0.6) is 11.5 Å². The van der Waals surface area contributed by atoms with Crippen molar-refractivity contribution in [3.63, 3.8) is 0 Å². The van der Waals surface area contributed by atoms with Gasteiger partial charge in [0.1, 0.15) is 19.3 Å². The van der Waals surface area contributed by atoms with E-state index in [1.807, 2.05) is 0 Å². The highest BCUT2D eigenvalue weighted by Gasteiger charge is 2.23. The minimum absolute atomic E-state index is 0.0125. The first-order valence-electron chi connectivity index (χ1n) is 5.90. The summed E-state index contributed by atoms with van der Waals surface area (Å²) in [6, 6.07) is 1.65. The monoisotopic (exact) mass is 301 g/mol. The minimum Gasteiger partial charge on any atom is -0.486 e. The van der Waals surface area contributed by atoms with Gasteiger partial charge in [0.25, 0.3) is 0 Å². The van der Waals surface area contributed by atoms with Gasteiger partial charge in [-0.25, -0.2) is 8.42 Å². The standard InChI is InChI=1S/C12H15NO6S/c1-20(16,17)11-6-10-9(18-2-3-19-10)5-7(11)4-8(13)12(14)15/h5-6,8H,2-4,13H2,1H3,(H,14,15). The largest absolute Gasteiger partial charge is 0.486 e. The molecule has 1 aromatic rings. The molecule has 1 atom stereocenters. The van der Waals surface area contributed by atoms with Crippen LogP contribution in [0.4, 0.5) is 0 Å². The summed E-state index contributed by atoms with van der Waals surface area (Å²) in [5.41, 5.74) is 5.78. The number of carbonyl (C=O) groups is 1. The number of carboxylic acids is 1. The lowest BCUT2D eigenvalue weighted by Crippen LogP contribution is -2.32. The Kier molecular flexibility index (Phi) is 3.87. The molecule has 0 spiro atoms. The average Bonchev–Trinajstić information content (AvgIpc) is 2.36. The van der Waals surface area contributed by atoms with E-state index in [2.05, 4.69) is 0 Å². The Balaban J connectivity index is 2.50. The summed E-state index contributed by atoms with van der Waals surface area (Å²) < 4.78 is 34.3. The van der Waals surface area contributed by atoms with Gasteiger partial charge < -0.3 is 20.3 Å². The normalized spacial score (nSPS) is 15.7. The maximum absolute atomic E-state index is 11.8. The highest BCUT2D eigenvalue weighted by atomic mass is 32.2. The molecule has 0 saturated carbocycles. The molecule has 8 heteroatoms. The number of ether oxygens (including phenoxy) is 2. The highest BCUT2D eigenvalue weighted by Crippen LogP contribution is 2.35. The van der Waals surface area contributed by atoms with Gasteiger partial charge in [-0.1, -0.05) is 0 Å². The van der Waals surface area contributed by atoms with E-state index in [-0.39, 0.29) is 11.3 Å². The van der Waals surface area contributed by atoms with Gasteiger partial charge in [-0.05, 0) is 18.1 Å². The molecule has 20 heavy (non-hydrogen) atoms. The fourth-order valence-corrected chi connectivity index (χ4v) is 2.88. The summed E-state index contributed by atoms with van der Waals surface area (Å²) in [6.45, 7) is 0.694. The first kappa shape index (κ1) is 14.6. The third-order valence-electron chi connectivity index (χ3n) is 2.88. The van der Waals surface area contributed by atoms with Crippen LogP contribution in [0.3, 0.4) is 0 Å². The predicted octanol–water partition coefficient (Wildman–Crippen LogP) is -0.184. The molecule has 0 saturated heterocycles. The summed E-state index contributed by atoms with van der Waals surface area (Å²) in [5.74, 6) is -0.458. The van der Waals surface area contributed by atoms with Crippen molar-refractivity contribution >= 4 is 15.8 Å².